The molecule has 2 heterocycles. The Morgan fingerprint density at radius 2 is 2.04 bits per heavy atom. The fourth-order valence-electron chi connectivity index (χ4n) is 4.33. The summed E-state index contributed by atoms with van der Waals surface area (Å²) in [6.45, 7) is 2.33. The number of amides is 1. The number of hydrogen-bond donors (Lipinski definition) is 1. The van der Waals surface area contributed by atoms with E-state index < -0.39 is 0 Å². The molecule has 2 aliphatic carbocycles. The van der Waals surface area contributed by atoms with Crippen molar-refractivity contribution in [2.45, 2.75) is 77.3 Å². The van der Waals surface area contributed by atoms with E-state index in [0.29, 0.717) is 5.92 Å². The smallest absolute Gasteiger partial charge is 0.262 e. The van der Waals surface area contributed by atoms with Gasteiger partial charge in [-0.1, -0.05) is 32.6 Å². The minimum Gasteiger partial charge on any atom is -0.352 e. The Morgan fingerprint density at radius 3 is 2.81 bits per heavy atom. The lowest BCUT2D eigenvalue weighted by Crippen LogP contribution is -2.38. The normalized spacial score (nSPS) is 21.3. The van der Waals surface area contributed by atoms with Gasteiger partial charge in [-0.25, -0.2) is 4.98 Å². The van der Waals surface area contributed by atoms with Gasteiger partial charge in [0.25, 0.3) is 5.56 Å². The van der Waals surface area contributed by atoms with Crippen molar-refractivity contribution in [1.29, 1.82) is 0 Å². The molecule has 26 heavy (non-hydrogen) atoms. The number of carbonyl (C=O) groups excluding carboxylic acids is 1. The van der Waals surface area contributed by atoms with Crippen LogP contribution in [0.25, 0.3) is 10.2 Å². The molecule has 1 atom stereocenters. The minimum absolute atomic E-state index is 0.0573. The third kappa shape index (κ3) is 3.56. The molecule has 1 N–H and O–H groups in total. The maximum Gasteiger partial charge on any atom is 0.262 e. The van der Waals surface area contributed by atoms with Gasteiger partial charge >= 0.3 is 0 Å². The zero-order valence-electron chi connectivity index (χ0n) is 15.4. The summed E-state index contributed by atoms with van der Waals surface area (Å²) in [5.41, 5.74) is 1.12. The van der Waals surface area contributed by atoms with Crippen LogP contribution in [0.4, 0.5) is 0 Å². The highest BCUT2D eigenvalue weighted by Crippen LogP contribution is 2.35. The highest BCUT2D eigenvalue weighted by Gasteiger charge is 2.23. The van der Waals surface area contributed by atoms with Crippen LogP contribution in [0.15, 0.2) is 11.1 Å². The number of fused-ring (bicyclic) bond motifs is 3. The summed E-state index contributed by atoms with van der Waals surface area (Å²) in [5, 5.41) is 3.87. The van der Waals surface area contributed by atoms with Gasteiger partial charge < -0.3 is 5.32 Å². The van der Waals surface area contributed by atoms with E-state index in [1.54, 1.807) is 17.7 Å². The average molecular weight is 374 g/mol. The zero-order chi connectivity index (χ0) is 18.1. The van der Waals surface area contributed by atoms with Crippen LogP contribution in [-0.4, -0.2) is 21.5 Å². The van der Waals surface area contributed by atoms with Crippen molar-refractivity contribution >= 4 is 27.5 Å². The molecule has 6 heteroatoms. The number of rotatable bonds is 3. The molecule has 0 aromatic carbocycles. The van der Waals surface area contributed by atoms with Crippen LogP contribution in [0.2, 0.25) is 0 Å². The summed E-state index contributed by atoms with van der Waals surface area (Å²) in [6, 6.07) is 0.257. The lowest BCUT2D eigenvalue weighted by Gasteiger charge is -2.18. The first-order chi connectivity index (χ1) is 12.6. The zero-order valence-corrected chi connectivity index (χ0v) is 16.2. The lowest BCUT2D eigenvalue weighted by molar-refractivity contribution is -0.122. The van der Waals surface area contributed by atoms with Gasteiger partial charge in [-0.2, -0.15) is 0 Å². The van der Waals surface area contributed by atoms with Crippen molar-refractivity contribution in [2.75, 3.05) is 0 Å². The molecule has 0 radical (unpaired) electrons. The van der Waals surface area contributed by atoms with Gasteiger partial charge in [-0.3, -0.25) is 14.2 Å². The van der Waals surface area contributed by atoms with Gasteiger partial charge in [0.05, 0.1) is 11.7 Å². The second-order valence-corrected chi connectivity index (χ2v) is 9.05. The quantitative estimate of drug-likeness (QED) is 0.839. The van der Waals surface area contributed by atoms with E-state index in [1.165, 1.54) is 40.7 Å². The largest absolute Gasteiger partial charge is 0.352 e. The Labute approximate surface area is 157 Å². The molecule has 1 saturated carbocycles. The molecule has 1 fully saturated rings. The average Bonchev–Trinajstić information content (AvgIpc) is 2.78. The fourth-order valence-corrected chi connectivity index (χ4v) is 5.67. The Balaban J connectivity index is 1.54. The molecule has 4 rings (SSSR count). The molecular weight excluding hydrogens is 346 g/mol. The second kappa shape index (κ2) is 7.51. The summed E-state index contributed by atoms with van der Waals surface area (Å²) in [7, 11) is 0. The number of nitrogens with zero attached hydrogens (tertiary/aromatic N) is 2. The second-order valence-electron chi connectivity index (χ2n) is 7.97. The maximum absolute atomic E-state index is 13.0. The molecular formula is C20H27N3O2S. The molecule has 2 aromatic heterocycles. The first kappa shape index (κ1) is 17.7. The monoisotopic (exact) mass is 373 g/mol. The summed E-state index contributed by atoms with van der Waals surface area (Å²) in [5.74, 6) is 0.598. The third-order valence-corrected chi connectivity index (χ3v) is 6.98. The third-order valence-electron chi connectivity index (χ3n) is 5.82. The Bertz CT molecular complexity index is 862. The van der Waals surface area contributed by atoms with E-state index in [9.17, 15) is 9.59 Å². The summed E-state index contributed by atoms with van der Waals surface area (Å²) in [6.07, 6.45) is 11.6. The molecule has 1 amide bonds. The number of hydrogen-bond acceptors (Lipinski definition) is 4. The van der Waals surface area contributed by atoms with E-state index in [4.69, 9.17) is 0 Å². The van der Waals surface area contributed by atoms with Crippen molar-refractivity contribution in [3.8, 4) is 0 Å². The van der Waals surface area contributed by atoms with Crippen LogP contribution in [0.3, 0.4) is 0 Å². The van der Waals surface area contributed by atoms with E-state index >= 15 is 0 Å². The molecule has 0 bridgehead atoms. The fraction of sp³-hybridized carbons (Fsp3) is 0.650. The van der Waals surface area contributed by atoms with Crippen LogP contribution in [0.1, 0.15) is 62.3 Å². The van der Waals surface area contributed by atoms with E-state index in [1.807, 2.05) is 0 Å². The van der Waals surface area contributed by atoms with Crippen LogP contribution in [0, 0.1) is 5.92 Å². The Morgan fingerprint density at radius 1 is 1.27 bits per heavy atom. The standard InChI is InChI=1S/C20H27N3O2S/c1-13-8-9-15-16(10-13)26-19-18(15)20(25)23(12-21-19)11-17(24)22-14-6-4-2-3-5-7-14/h12-14H,2-11H2,1H3,(H,22,24)/t13-/m0/s1. The summed E-state index contributed by atoms with van der Waals surface area (Å²) >= 11 is 1.65. The predicted molar refractivity (Wildman–Crippen MR) is 105 cm³/mol. The minimum atomic E-state index is -0.0714. The van der Waals surface area contributed by atoms with E-state index in [2.05, 4.69) is 17.2 Å². The van der Waals surface area contributed by atoms with Crippen molar-refractivity contribution in [1.82, 2.24) is 14.9 Å². The molecule has 0 saturated heterocycles. The Kier molecular flexibility index (Phi) is 5.11. The van der Waals surface area contributed by atoms with Crippen molar-refractivity contribution in [3.63, 3.8) is 0 Å². The van der Waals surface area contributed by atoms with E-state index in [0.717, 1.165) is 42.3 Å². The van der Waals surface area contributed by atoms with Crippen molar-refractivity contribution in [2.24, 2.45) is 5.92 Å². The summed E-state index contributed by atoms with van der Waals surface area (Å²) < 4.78 is 1.49. The van der Waals surface area contributed by atoms with Gasteiger partial charge in [-0.05, 0) is 43.6 Å². The number of aromatic nitrogens is 2. The highest BCUT2D eigenvalue weighted by molar-refractivity contribution is 7.18. The first-order valence-corrected chi connectivity index (χ1v) is 10.7. The van der Waals surface area contributed by atoms with Crippen molar-refractivity contribution in [3.05, 3.63) is 27.1 Å². The summed E-state index contributed by atoms with van der Waals surface area (Å²) in [4.78, 5) is 32.1. The Hall–Kier alpha value is -1.69. The molecule has 0 unspecified atom stereocenters. The van der Waals surface area contributed by atoms with E-state index in [-0.39, 0.29) is 24.1 Å². The number of carbonyl (C=O) groups is 1. The molecule has 0 spiro atoms. The molecule has 2 aromatic rings. The lowest BCUT2D eigenvalue weighted by atomic mass is 9.89. The molecule has 2 aliphatic rings. The topological polar surface area (TPSA) is 64.0 Å². The predicted octanol–water partition coefficient (Wildman–Crippen LogP) is 3.42. The van der Waals surface area contributed by atoms with Crippen LogP contribution < -0.4 is 10.9 Å². The number of nitrogens with one attached hydrogen (secondary N) is 1. The molecule has 140 valence electrons. The van der Waals surface area contributed by atoms with Crippen LogP contribution >= 0.6 is 11.3 Å². The molecule has 0 aliphatic heterocycles. The van der Waals surface area contributed by atoms with Crippen LogP contribution in [-0.2, 0) is 24.2 Å². The van der Waals surface area contributed by atoms with Gasteiger partial charge in [-0.15, -0.1) is 11.3 Å². The van der Waals surface area contributed by atoms with Gasteiger partial charge in [0.15, 0.2) is 0 Å². The van der Waals surface area contributed by atoms with Crippen molar-refractivity contribution < 1.29 is 4.79 Å². The van der Waals surface area contributed by atoms with Crippen LogP contribution in [0.5, 0.6) is 0 Å². The highest BCUT2D eigenvalue weighted by atomic mass is 32.1. The SMILES string of the molecule is C[C@H]1CCc2c(sc3ncn(CC(=O)NC4CCCCCC4)c(=O)c23)C1. The number of thiophene rings is 1. The van der Waals surface area contributed by atoms with Gasteiger partial charge in [0.2, 0.25) is 5.91 Å². The number of aryl methyl sites for hydroxylation is 1. The molecule has 5 nitrogen and oxygen atoms in total. The van der Waals surface area contributed by atoms with Gasteiger partial charge in [0, 0.05) is 10.9 Å². The maximum atomic E-state index is 13.0. The van der Waals surface area contributed by atoms with Gasteiger partial charge in [0.1, 0.15) is 11.4 Å². The first-order valence-electron chi connectivity index (χ1n) is 9.91.